The molecule has 0 aromatic heterocycles. The molecular formula is C10H22N2O3S. The Morgan fingerprint density at radius 1 is 1.44 bits per heavy atom. The van der Waals surface area contributed by atoms with E-state index < -0.39 is 10.0 Å². The Morgan fingerprint density at radius 2 is 2.19 bits per heavy atom. The Hall–Kier alpha value is -0.170. The minimum Gasteiger partial charge on any atom is -0.377 e. The van der Waals surface area contributed by atoms with Gasteiger partial charge in [0, 0.05) is 25.7 Å². The minimum atomic E-state index is -3.06. The van der Waals surface area contributed by atoms with Gasteiger partial charge in [-0.3, -0.25) is 0 Å². The van der Waals surface area contributed by atoms with Gasteiger partial charge in [-0.15, -0.1) is 0 Å². The summed E-state index contributed by atoms with van der Waals surface area (Å²) in [6, 6.07) is 0.286. The van der Waals surface area contributed by atoms with Gasteiger partial charge in [0.25, 0.3) is 0 Å². The maximum Gasteiger partial charge on any atom is 0.211 e. The Balaban J connectivity index is 2.11. The third-order valence-electron chi connectivity index (χ3n) is 2.82. The van der Waals surface area contributed by atoms with Gasteiger partial charge in [0.05, 0.1) is 11.9 Å². The molecule has 2 N–H and O–H groups in total. The average molecular weight is 250 g/mol. The largest absolute Gasteiger partial charge is 0.377 e. The first-order valence-electron chi connectivity index (χ1n) is 5.87. The van der Waals surface area contributed by atoms with E-state index in [9.17, 15) is 8.42 Å². The van der Waals surface area contributed by atoms with Crippen LogP contribution < -0.4 is 10.0 Å². The molecule has 0 spiro atoms. The molecule has 0 bridgehead atoms. The maximum absolute atomic E-state index is 11.1. The third kappa shape index (κ3) is 4.78. The summed E-state index contributed by atoms with van der Waals surface area (Å²) in [5.74, 6) is 0.133. The average Bonchev–Trinajstić information content (AvgIpc) is 2.77. The first-order valence-corrected chi connectivity index (χ1v) is 7.52. The van der Waals surface area contributed by atoms with Gasteiger partial charge in [-0.25, -0.2) is 13.1 Å². The predicted octanol–water partition coefficient (Wildman–Crippen LogP) is 0.0828. The monoisotopic (exact) mass is 250 g/mol. The smallest absolute Gasteiger partial charge is 0.211 e. The second-order valence-corrected chi connectivity index (χ2v) is 6.19. The quantitative estimate of drug-likeness (QED) is 0.628. The van der Waals surface area contributed by atoms with E-state index >= 15 is 0 Å². The summed E-state index contributed by atoms with van der Waals surface area (Å²) >= 11 is 0. The van der Waals surface area contributed by atoms with Crippen LogP contribution in [-0.4, -0.2) is 46.0 Å². The van der Waals surface area contributed by atoms with E-state index in [1.807, 2.05) is 0 Å². The van der Waals surface area contributed by atoms with Crippen LogP contribution in [0.3, 0.4) is 0 Å². The topological polar surface area (TPSA) is 67.4 Å². The zero-order chi connectivity index (χ0) is 12.0. The van der Waals surface area contributed by atoms with Crippen molar-refractivity contribution in [1.82, 2.24) is 10.0 Å². The first kappa shape index (κ1) is 13.9. The molecule has 96 valence electrons. The molecule has 0 radical (unpaired) electrons. The van der Waals surface area contributed by atoms with Gasteiger partial charge in [-0.1, -0.05) is 0 Å². The van der Waals surface area contributed by atoms with Crippen molar-refractivity contribution in [1.29, 1.82) is 0 Å². The molecule has 1 fully saturated rings. The molecule has 1 heterocycles. The van der Waals surface area contributed by atoms with Crippen LogP contribution in [0.25, 0.3) is 0 Å². The molecule has 0 amide bonds. The molecule has 0 aromatic rings. The second-order valence-electron chi connectivity index (χ2n) is 4.09. The molecule has 0 aromatic carbocycles. The molecule has 0 unspecified atom stereocenters. The Morgan fingerprint density at radius 3 is 2.75 bits per heavy atom. The summed E-state index contributed by atoms with van der Waals surface area (Å²) in [5, 5.41) is 3.27. The summed E-state index contributed by atoms with van der Waals surface area (Å²) in [7, 11) is -3.06. The van der Waals surface area contributed by atoms with Gasteiger partial charge in [-0.05, 0) is 26.7 Å². The van der Waals surface area contributed by atoms with E-state index in [0.717, 1.165) is 19.4 Å². The lowest BCUT2D eigenvalue weighted by molar-refractivity contribution is 0.0840. The van der Waals surface area contributed by atoms with Gasteiger partial charge in [-0.2, -0.15) is 0 Å². The second kappa shape index (κ2) is 6.54. The highest BCUT2D eigenvalue weighted by Crippen LogP contribution is 2.14. The SMILES string of the molecule is CCS(=O)(=O)NCCN[C@H](C)[C@@H]1CCCO1. The van der Waals surface area contributed by atoms with Crippen molar-refractivity contribution in [2.45, 2.75) is 38.8 Å². The van der Waals surface area contributed by atoms with Crippen LogP contribution in [0.4, 0.5) is 0 Å². The molecule has 5 nitrogen and oxygen atoms in total. The van der Waals surface area contributed by atoms with Crippen LogP contribution >= 0.6 is 0 Å². The Kier molecular flexibility index (Phi) is 5.68. The van der Waals surface area contributed by atoms with Crippen molar-refractivity contribution >= 4 is 10.0 Å². The number of hydrogen-bond acceptors (Lipinski definition) is 4. The van der Waals surface area contributed by atoms with Crippen LogP contribution in [0.5, 0.6) is 0 Å². The summed E-state index contributed by atoms with van der Waals surface area (Å²) in [6.07, 6.45) is 2.50. The Bertz CT molecular complexity index is 286. The van der Waals surface area contributed by atoms with E-state index in [-0.39, 0.29) is 17.9 Å². The lowest BCUT2D eigenvalue weighted by atomic mass is 10.1. The highest BCUT2D eigenvalue weighted by molar-refractivity contribution is 7.89. The van der Waals surface area contributed by atoms with E-state index in [2.05, 4.69) is 17.0 Å². The normalized spacial score (nSPS) is 23.5. The number of hydrogen-bond donors (Lipinski definition) is 2. The zero-order valence-corrected chi connectivity index (χ0v) is 10.8. The van der Waals surface area contributed by atoms with Crippen molar-refractivity contribution in [2.24, 2.45) is 0 Å². The maximum atomic E-state index is 11.1. The summed E-state index contributed by atoms with van der Waals surface area (Å²) in [6.45, 7) is 5.63. The number of sulfonamides is 1. The van der Waals surface area contributed by atoms with Gasteiger partial charge in [0.2, 0.25) is 10.0 Å². The van der Waals surface area contributed by atoms with E-state index in [4.69, 9.17) is 4.74 Å². The molecule has 6 heteroatoms. The van der Waals surface area contributed by atoms with Crippen LogP contribution in [0.2, 0.25) is 0 Å². The summed E-state index contributed by atoms with van der Waals surface area (Å²) in [5.41, 5.74) is 0. The number of rotatable bonds is 7. The molecular weight excluding hydrogens is 228 g/mol. The van der Waals surface area contributed by atoms with Crippen LogP contribution in [0.15, 0.2) is 0 Å². The molecule has 1 saturated heterocycles. The van der Waals surface area contributed by atoms with Crippen LogP contribution in [0.1, 0.15) is 26.7 Å². The van der Waals surface area contributed by atoms with Gasteiger partial charge in [0.15, 0.2) is 0 Å². The minimum absolute atomic E-state index is 0.133. The van der Waals surface area contributed by atoms with E-state index in [1.165, 1.54) is 0 Å². The molecule has 2 atom stereocenters. The molecule has 0 saturated carbocycles. The van der Waals surface area contributed by atoms with Gasteiger partial charge < -0.3 is 10.1 Å². The molecule has 1 aliphatic heterocycles. The lowest BCUT2D eigenvalue weighted by Crippen LogP contribution is -2.41. The van der Waals surface area contributed by atoms with Crippen molar-refractivity contribution in [2.75, 3.05) is 25.4 Å². The molecule has 0 aliphatic carbocycles. The molecule has 1 aliphatic rings. The van der Waals surface area contributed by atoms with Crippen molar-refractivity contribution in [3.05, 3.63) is 0 Å². The molecule has 16 heavy (non-hydrogen) atoms. The number of nitrogens with one attached hydrogen (secondary N) is 2. The van der Waals surface area contributed by atoms with E-state index in [0.29, 0.717) is 13.1 Å². The summed E-state index contributed by atoms with van der Waals surface area (Å²) < 4.78 is 30.3. The zero-order valence-electron chi connectivity index (χ0n) is 10.0. The third-order valence-corrected chi connectivity index (χ3v) is 4.22. The highest BCUT2D eigenvalue weighted by atomic mass is 32.2. The standard InChI is InChI=1S/C10H22N2O3S/c1-3-16(13,14)12-7-6-11-9(2)10-5-4-8-15-10/h9-12H,3-8H2,1-2H3/t9-,10+/m1/s1. The van der Waals surface area contributed by atoms with Crippen LogP contribution in [-0.2, 0) is 14.8 Å². The highest BCUT2D eigenvalue weighted by Gasteiger charge is 2.21. The van der Waals surface area contributed by atoms with Crippen molar-refractivity contribution in [3.8, 4) is 0 Å². The van der Waals surface area contributed by atoms with Crippen molar-refractivity contribution in [3.63, 3.8) is 0 Å². The van der Waals surface area contributed by atoms with Gasteiger partial charge in [0.1, 0.15) is 0 Å². The number of ether oxygens (including phenoxy) is 1. The Labute approximate surface area is 98.0 Å². The lowest BCUT2D eigenvalue weighted by Gasteiger charge is -2.19. The van der Waals surface area contributed by atoms with Gasteiger partial charge >= 0.3 is 0 Å². The van der Waals surface area contributed by atoms with Crippen LogP contribution in [0, 0.1) is 0 Å². The fourth-order valence-corrected chi connectivity index (χ4v) is 2.35. The first-order chi connectivity index (χ1) is 7.55. The van der Waals surface area contributed by atoms with E-state index in [1.54, 1.807) is 6.92 Å². The fraction of sp³-hybridized carbons (Fsp3) is 1.00. The van der Waals surface area contributed by atoms with Crippen molar-refractivity contribution < 1.29 is 13.2 Å². The predicted molar refractivity (Wildman–Crippen MR) is 63.9 cm³/mol. The fourth-order valence-electron chi connectivity index (χ4n) is 1.74. The summed E-state index contributed by atoms with van der Waals surface area (Å²) in [4.78, 5) is 0. The molecule has 1 rings (SSSR count).